The first-order valence-corrected chi connectivity index (χ1v) is 9.10. The van der Waals surface area contributed by atoms with Gasteiger partial charge in [-0.05, 0) is 44.4 Å². The summed E-state index contributed by atoms with van der Waals surface area (Å²) in [5.41, 5.74) is 4.52. The van der Waals surface area contributed by atoms with Gasteiger partial charge in [0.05, 0.1) is 12.2 Å². The predicted molar refractivity (Wildman–Crippen MR) is 123 cm³/mol. The zero-order valence-corrected chi connectivity index (χ0v) is 18.5. The fraction of sp³-hybridized carbons (Fsp3) is 0.333. The van der Waals surface area contributed by atoms with E-state index in [1.807, 2.05) is 12.1 Å². The summed E-state index contributed by atoms with van der Waals surface area (Å²) in [4.78, 5) is 8.98. The second-order valence-corrected chi connectivity index (χ2v) is 6.62. The Morgan fingerprint density at radius 3 is 2.63 bits per heavy atom. The molecule has 144 valence electrons. The molecule has 0 saturated carbocycles. The van der Waals surface area contributed by atoms with Gasteiger partial charge in [-0.15, -0.1) is 24.0 Å². The molecule has 3 aromatic rings. The number of nitrogens with one attached hydrogen (secondary N) is 2. The van der Waals surface area contributed by atoms with Gasteiger partial charge in [-0.1, -0.05) is 36.4 Å². The van der Waals surface area contributed by atoms with Crippen LogP contribution in [0.5, 0.6) is 0 Å². The number of aryl methyl sites for hydroxylation is 2. The lowest BCUT2D eigenvalue weighted by molar-refractivity contribution is 0.592. The van der Waals surface area contributed by atoms with Crippen molar-refractivity contribution in [2.45, 2.75) is 39.3 Å². The molecule has 0 amide bonds. The lowest BCUT2D eigenvalue weighted by atomic mass is 10.1. The van der Waals surface area contributed by atoms with Crippen molar-refractivity contribution in [3.63, 3.8) is 0 Å². The fourth-order valence-corrected chi connectivity index (χ4v) is 2.99. The summed E-state index contributed by atoms with van der Waals surface area (Å²) in [6, 6.07) is 17.0. The number of pyridine rings is 1. The molecule has 0 radical (unpaired) electrons. The normalized spacial score (nSPS) is 12.5. The van der Waals surface area contributed by atoms with Gasteiger partial charge in [-0.25, -0.2) is 4.98 Å². The number of fused-ring (bicyclic) bond motifs is 1. The summed E-state index contributed by atoms with van der Waals surface area (Å²) in [6.07, 6.45) is 4.18. The maximum Gasteiger partial charge on any atom is 0.191 e. The van der Waals surface area contributed by atoms with Crippen LogP contribution in [-0.2, 0) is 13.0 Å². The third-order valence-electron chi connectivity index (χ3n) is 4.50. The number of hydrogen-bond acceptors (Lipinski definition) is 2. The Hall–Kier alpha value is -2.09. The Morgan fingerprint density at radius 1 is 1.15 bits per heavy atom. The van der Waals surface area contributed by atoms with E-state index < -0.39 is 0 Å². The summed E-state index contributed by atoms with van der Waals surface area (Å²) in [5, 5.41) is 6.81. The molecule has 2 aromatic heterocycles. The summed E-state index contributed by atoms with van der Waals surface area (Å²) < 4.78 is 2.11. The van der Waals surface area contributed by atoms with E-state index in [9.17, 15) is 0 Å². The van der Waals surface area contributed by atoms with Crippen LogP contribution in [0.25, 0.3) is 5.65 Å². The van der Waals surface area contributed by atoms with Crippen LogP contribution < -0.4 is 10.6 Å². The van der Waals surface area contributed by atoms with Crippen LogP contribution in [0.3, 0.4) is 0 Å². The molecule has 0 aliphatic rings. The lowest BCUT2D eigenvalue weighted by Crippen LogP contribution is -2.42. The van der Waals surface area contributed by atoms with Crippen molar-refractivity contribution in [1.29, 1.82) is 0 Å². The molecule has 6 heteroatoms. The van der Waals surface area contributed by atoms with E-state index in [2.05, 4.69) is 81.5 Å². The number of benzene rings is 1. The molecule has 2 heterocycles. The number of guanidine groups is 1. The monoisotopic (exact) mass is 477 g/mol. The van der Waals surface area contributed by atoms with E-state index in [-0.39, 0.29) is 24.0 Å². The SMILES string of the molecule is CN=C(NCc1cn2c(C)cccc2n1)NC(C)CCc1ccccc1.I. The molecule has 0 spiro atoms. The molecule has 5 nitrogen and oxygen atoms in total. The third kappa shape index (κ3) is 5.95. The first-order valence-electron chi connectivity index (χ1n) is 9.10. The van der Waals surface area contributed by atoms with Gasteiger partial charge >= 0.3 is 0 Å². The Bertz CT molecular complexity index is 873. The molecule has 2 N–H and O–H groups in total. The van der Waals surface area contributed by atoms with Crippen LogP contribution in [0.2, 0.25) is 0 Å². The lowest BCUT2D eigenvalue weighted by Gasteiger charge is -2.17. The minimum Gasteiger partial charge on any atom is -0.354 e. The maximum atomic E-state index is 4.65. The molecule has 1 atom stereocenters. The molecular formula is C21H28IN5. The highest BCUT2D eigenvalue weighted by Crippen LogP contribution is 2.08. The van der Waals surface area contributed by atoms with Crippen LogP contribution in [0, 0.1) is 6.92 Å². The van der Waals surface area contributed by atoms with Crippen LogP contribution in [0.1, 0.15) is 30.3 Å². The molecule has 0 fully saturated rings. The molecule has 0 saturated heterocycles. The highest BCUT2D eigenvalue weighted by atomic mass is 127. The second-order valence-electron chi connectivity index (χ2n) is 6.62. The minimum absolute atomic E-state index is 0. The highest BCUT2D eigenvalue weighted by Gasteiger charge is 2.07. The smallest absolute Gasteiger partial charge is 0.191 e. The second kappa shape index (κ2) is 10.3. The third-order valence-corrected chi connectivity index (χ3v) is 4.50. The molecule has 0 bridgehead atoms. The van der Waals surface area contributed by atoms with Gasteiger partial charge in [0, 0.05) is 25.0 Å². The number of halogens is 1. The van der Waals surface area contributed by atoms with Crippen molar-refractivity contribution in [2.24, 2.45) is 4.99 Å². The number of rotatable bonds is 6. The Balaban J connectivity index is 0.00000261. The summed E-state index contributed by atoms with van der Waals surface area (Å²) in [5.74, 6) is 0.805. The summed E-state index contributed by atoms with van der Waals surface area (Å²) in [7, 11) is 1.80. The molecule has 1 aromatic carbocycles. The van der Waals surface area contributed by atoms with Gasteiger partial charge in [0.1, 0.15) is 5.65 Å². The highest BCUT2D eigenvalue weighted by molar-refractivity contribution is 14.0. The van der Waals surface area contributed by atoms with E-state index in [1.54, 1.807) is 7.05 Å². The van der Waals surface area contributed by atoms with E-state index in [0.29, 0.717) is 12.6 Å². The van der Waals surface area contributed by atoms with Gasteiger partial charge in [-0.2, -0.15) is 0 Å². The number of hydrogen-bond donors (Lipinski definition) is 2. The van der Waals surface area contributed by atoms with Gasteiger partial charge in [0.25, 0.3) is 0 Å². The van der Waals surface area contributed by atoms with E-state index >= 15 is 0 Å². The van der Waals surface area contributed by atoms with Crippen LogP contribution in [0.4, 0.5) is 0 Å². The van der Waals surface area contributed by atoms with Gasteiger partial charge < -0.3 is 15.0 Å². The first-order chi connectivity index (χ1) is 12.7. The first kappa shape index (κ1) is 21.2. The van der Waals surface area contributed by atoms with E-state index in [4.69, 9.17) is 0 Å². The maximum absolute atomic E-state index is 4.65. The fourth-order valence-electron chi connectivity index (χ4n) is 2.99. The van der Waals surface area contributed by atoms with Crippen molar-refractivity contribution in [2.75, 3.05) is 7.05 Å². The van der Waals surface area contributed by atoms with Crippen molar-refractivity contribution in [1.82, 2.24) is 20.0 Å². The van der Waals surface area contributed by atoms with Gasteiger partial charge in [0.15, 0.2) is 5.96 Å². The topological polar surface area (TPSA) is 53.7 Å². The average Bonchev–Trinajstić information content (AvgIpc) is 3.09. The molecule has 0 aliphatic heterocycles. The van der Waals surface area contributed by atoms with Crippen molar-refractivity contribution in [3.8, 4) is 0 Å². The van der Waals surface area contributed by atoms with Crippen LogP contribution in [-0.4, -0.2) is 28.4 Å². The minimum atomic E-state index is 0. The summed E-state index contributed by atoms with van der Waals surface area (Å²) in [6.45, 7) is 4.91. The standard InChI is InChI=1S/C21H27N5.HI/c1-16(12-13-18-9-5-4-6-10-18)24-21(22-3)23-14-19-15-26-17(2)8-7-11-20(26)25-19;/h4-11,15-16H,12-14H2,1-3H3,(H2,22,23,24);1H. The van der Waals surface area contributed by atoms with Gasteiger partial charge in [-0.3, -0.25) is 4.99 Å². The molecule has 3 rings (SSSR count). The molecule has 0 aliphatic carbocycles. The van der Waals surface area contributed by atoms with Crippen molar-refractivity contribution >= 4 is 35.6 Å². The van der Waals surface area contributed by atoms with Crippen molar-refractivity contribution in [3.05, 3.63) is 71.7 Å². The largest absolute Gasteiger partial charge is 0.354 e. The number of imidazole rings is 1. The Morgan fingerprint density at radius 2 is 1.93 bits per heavy atom. The predicted octanol–water partition coefficient (Wildman–Crippen LogP) is 3.95. The summed E-state index contributed by atoms with van der Waals surface area (Å²) >= 11 is 0. The van der Waals surface area contributed by atoms with Crippen LogP contribution in [0.15, 0.2) is 59.7 Å². The van der Waals surface area contributed by atoms with E-state index in [0.717, 1.165) is 30.1 Å². The van der Waals surface area contributed by atoms with Gasteiger partial charge in [0.2, 0.25) is 0 Å². The van der Waals surface area contributed by atoms with E-state index in [1.165, 1.54) is 11.3 Å². The number of nitrogens with zero attached hydrogens (tertiary/aromatic N) is 3. The quantitative estimate of drug-likeness (QED) is 0.321. The number of aromatic nitrogens is 2. The Labute approximate surface area is 178 Å². The van der Waals surface area contributed by atoms with Crippen LogP contribution >= 0.6 is 24.0 Å². The Kier molecular flexibility index (Phi) is 8.09. The zero-order chi connectivity index (χ0) is 18.4. The number of aliphatic imine (C=N–C) groups is 1. The zero-order valence-electron chi connectivity index (χ0n) is 16.1. The molecule has 1 unspecified atom stereocenters. The average molecular weight is 477 g/mol. The van der Waals surface area contributed by atoms with Crippen molar-refractivity contribution < 1.29 is 0 Å². The molecule has 27 heavy (non-hydrogen) atoms. The molecular weight excluding hydrogens is 449 g/mol.